The summed E-state index contributed by atoms with van der Waals surface area (Å²) in [4.78, 5) is 0.227. The zero-order valence-electron chi connectivity index (χ0n) is 19.3. The summed E-state index contributed by atoms with van der Waals surface area (Å²) in [5, 5.41) is 3.77. The smallest absolute Gasteiger partial charge is 0.213 e. The summed E-state index contributed by atoms with van der Waals surface area (Å²) in [5.74, 6) is 0.708. The first-order valence-corrected chi connectivity index (χ1v) is 15.9. The first-order chi connectivity index (χ1) is 16.5. The summed E-state index contributed by atoms with van der Waals surface area (Å²) in [6.07, 6.45) is 2.35. The Morgan fingerprint density at radius 3 is 2.09 bits per heavy atom. The van der Waals surface area contributed by atoms with E-state index in [2.05, 4.69) is 72.9 Å². The molecular weight excluding hydrogens is 599 g/mol. The molecule has 4 nitrogen and oxygen atoms in total. The van der Waals surface area contributed by atoms with E-state index in [0.717, 1.165) is 49.8 Å². The Balaban J connectivity index is 1.57. The minimum Gasteiger partial charge on any atom is -0.476 e. The van der Waals surface area contributed by atoms with Crippen LogP contribution in [0.25, 0.3) is 11.1 Å². The number of sulfone groups is 1. The molecule has 1 fully saturated rings. The van der Waals surface area contributed by atoms with E-state index >= 15 is 0 Å². The van der Waals surface area contributed by atoms with E-state index in [9.17, 15) is 8.42 Å². The quantitative estimate of drug-likeness (QED) is 0.312. The summed E-state index contributed by atoms with van der Waals surface area (Å²) in [5.41, 5.74) is 3.34. The van der Waals surface area contributed by atoms with Crippen molar-refractivity contribution in [1.29, 1.82) is 0 Å². The zero-order chi connectivity index (χ0) is 25.3. The highest BCUT2D eigenvalue weighted by Gasteiger charge is 2.22. The molecule has 0 radical (unpaired) electrons. The van der Waals surface area contributed by atoms with Gasteiger partial charge >= 0.3 is 0 Å². The third-order valence-corrected chi connectivity index (χ3v) is 9.78. The zero-order valence-corrected chi connectivity index (χ0v) is 26.4. The lowest BCUT2D eigenvalue weighted by Gasteiger charge is -2.28. The Morgan fingerprint density at radius 1 is 0.943 bits per heavy atom. The van der Waals surface area contributed by atoms with Gasteiger partial charge in [-0.25, -0.2) is 8.42 Å². The third kappa shape index (κ3) is 6.56. The Labute approximate surface area is 226 Å². The fourth-order valence-corrected chi connectivity index (χ4v) is 7.68. The predicted molar refractivity (Wildman–Crippen MR) is 166 cm³/mol. The van der Waals surface area contributed by atoms with Crippen LogP contribution in [0.2, 0.25) is 5.82 Å². The van der Waals surface area contributed by atoms with Crippen molar-refractivity contribution < 1.29 is 17.9 Å². The fraction of sp³-hybridized carbons (Fsp3) is 0.250. The van der Waals surface area contributed by atoms with Gasteiger partial charge in [0.1, 0.15) is 13.6 Å². The molecule has 0 bridgehead atoms. The molecule has 6 unspecified atom stereocenters. The van der Waals surface area contributed by atoms with Gasteiger partial charge in [-0.05, 0) is 88.1 Å². The maximum atomic E-state index is 12.7. The normalized spacial score (nSPS) is 18.4. The highest BCUT2D eigenvalue weighted by molar-refractivity contribution is 9.10. The van der Waals surface area contributed by atoms with Crippen molar-refractivity contribution in [3.05, 3.63) is 58.6 Å². The molecule has 35 heavy (non-hydrogen) atoms. The van der Waals surface area contributed by atoms with E-state index in [-0.39, 0.29) is 11.0 Å². The van der Waals surface area contributed by atoms with Crippen LogP contribution in [0.1, 0.15) is 24.5 Å². The molecule has 3 aromatic rings. The van der Waals surface area contributed by atoms with Crippen LogP contribution in [0, 0.1) is 0 Å². The predicted octanol–water partition coefficient (Wildman–Crippen LogP) is 3.20. The number of hydrogen-bond acceptors (Lipinski definition) is 4. The van der Waals surface area contributed by atoms with Crippen molar-refractivity contribution in [2.75, 3.05) is 12.5 Å². The number of halogens is 1. The highest BCUT2D eigenvalue weighted by atomic mass is 79.9. The van der Waals surface area contributed by atoms with Gasteiger partial charge in [0.25, 0.3) is 0 Å². The summed E-state index contributed by atoms with van der Waals surface area (Å²) in [7, 11) is 9.70. The number of benzene rings is 3. The SMILES string of the molecule is BC1CCC(c2cc(P)c(-c3cc(P)c(OCS(=O)(=O)c4ccc(Br)cc4)c(P)c3)c(P)c2)OC1. The summed E-state index contributed by atoms with van der Waals surface area (Å²) in [6.45, 7) is 0.802. The Kier molecular flexibility index (Phi) is 9.15. The molecule has 6 atom stereocenters. The second-order valence-electron chi connectivity index (χ2n) is 8.89. The van der Waals surface area contributed by atoms with Gasteiger partial charge in [-0.3, -0.25) is 0 Å². The maximum absolute atomic E-state index is 12.7. The van der Waals surface area contributed by atoms with Crippen LogP contribution in [-0.2, 0) is 14.6 Å². The standard InChI is InChI=1S/C24H28BBrO4P4S/c25-15-1-6-18(29-11-15)13-7-19(31)23(20(32)8-13)14-9-21(33)24(22(34)10-14)30-12-35(27,28)17-4-2-16(26)3-5-17/h2-5,7-10,15,18H,1,6,11-12,25,31-34H2. The van der Waals surface area contributed by atoms with E-state index in [4.69, 9.17) is 9.47 Å². The fourth-order valence-electron chi connectivity index (χ4n) is 4.21. The Bertz CT molecular complexity index is 1300. The molecule has 1 saturated heterocycles. The Morgan fingerprint density at radius 2 is 1.54 bits per heavy atom. The molecule has 11 heteroatoms. The second kappa shape index (κ2) is 11.6. The second-order valence-corrected chi connectivity index (χ2v) is 14.2. The van der Waals surface area contributed by atoms with Gasteiger partial charge < -0.3 is 9.47 Å². The first-order valence-electron chi connectivity index (χ1n) is 11.2. The van der Waals surface area contributed by atoms with Gasteiger partial charge in [-0.2, -0.15) is 0 Å². The van der Waals surface area contributed by atoms with Crippen LogP contribution in [0.15, 0.2) is 57.9 Å². The van der Waals surface area contributed by atoms with Gasteiger partial charge in [-0.15, -0.1) is 37.0 Å². The molecule has 0 amide bonds. The topological polar surface area (TPSA) is 52.6 Å². The van der Waals surface area contributed by atoms with Gasteiger partial charge in [0.05, 0.1) is 11.0 Å². The van der Waals surface area contributed by atoms with Gasteiger partial charge in [0.15, 0.2) is 5.94 Å². The molecule has 1 heterocycles. The third-order valence-electron chi connectivity index (χ3n) is 6.06. The highest BCUT2D eigenvalue weighted by Crippen LogP contribution is 2.33. The Hall–Kier alpha value is -0.365. The lowest BCUT2D eigenvalue weighted by molar-refractivity contribution is 0.0157. The van der Waals surface area contributed by atoms with Crippen molar-refractivity contribution in [2.24, 2.45) is 0 Å². The molecule has 184 valence electrons. The molecule has 4 rings (SSSR count). The largest absolute Gasteiger partial charge is 0.476 e. The molecule has 0 spiro atoms. The lowest BCUT2D eigenvalue weighted by atomic mass is 9.81. The molecule has 0 N–H and O–H groups in total. The molecular formula is C24H28BBrO4P4S. The van der Waals surface area contributed by atoms with Crippen LogP contribution in [-0.4, -0.2) is 28.8 Å². The number of hydrogen-bond donors (Lipinski definition) is 0. The molecule has 0 aromatic heterocycles. The monoisotopic (exact) mass is 626 g/mol. The lowest BCUT2D eigenvalue weighted by Crippen LogP contribution is -2.21. The summed E-state index contributed by atoms with van der Waals surface area (Å²) >= 11 is 3.33. The van der Waals surface area contributed by atoms with Gasteiger partial charge in [-0.1, -0.05) is 22.4 Å². The van der Waals surface area contributed by atoms with Crippen LogP contribution in [0.3, 0.4) is 0 Å². The molecule has 0 aliphatic carbocycles. The minimum absolute atomic E-state index is 0.136. The minimum atomic E-state index is -3.58. The van der Waals surface area contributed by atoms with E-state index < -0.39 is 15.8 Å². The van der Waals surface area contributed by atoms with Crippen LogP contribution in [0.4, 0.5) is 0 Å². The van der Waals surface area contributed by atoms with E-state index in [1.54, 1.807) is 24.3 Å². The molecule has 0 saturated carbocycles. The van der Waals surface area contributed by atoms with Gasteiger partial charge in [0.2, 0.25) is 9.84 Å². The van der Waals surface area contributed by atoms with Crippen molar-refractivity contribution in [2.45, 2.75) is 29.7 Å². The van der Waals surface area contributed by atoms with Crippen LogP contribution >= 0.6 is 52.9 Å². The van der Waals surface area contributed by atoms with Crippen LogP contribution in [0.5, 0.6) is 5.75 Å². The maximum Gasteiger partial charge on any atom is 0.213 e. The van der Waals surface area contributed by atoms with Crippen molar-refractivity contribution in [3.8, 4) is 16.9 Å². The number of ether oxygens (including phenoxy) is 2. The van der Waals surface area contributed by atoms with Gasteiger partial charge in [0, 0.05) is 21.7 Å². The average molecular weight is 627 g/mol. The van der Waals surface area contributed by atoms with Crippen molar-refractivity contribution in [3.63, 3.8) is 0 Å². The van der Waals surface area contributed by atoms with Crippen molar-refractivity contribution >= 4 is 91.8 Å². The molecule has 1 aliphatic heterocycles. The van der Waals surface area contributed by atoms with E-state index in [1.807, 2.05) is 12.1 Å². The number of rotatable bonds is 6. The summed E-state index contributed by atoms with van der Waals surface area (Å²) in [6, 6.07) is 14.9. The average Bonchev–Trinajstić information content (AvgIpc) is 2.79. The first kappa shape index (κ1) is 27.7. The molecule has 3 aromatic carbocycles. The van der Waals surface area contributed by atoms with E-state index in [1.165, 1.54) is 12.0 Å². The summed E-state index contributed by atoms with van der Waals surface area (Å²) < 4.78 is 38.2. The van der Waals surface area contributed by atoms with Crippen LogP contribution < -0.4 is 26.0 Å². The van der Waals surface area contributed by atoms with Crippen molar-refractivity contribution in [1.82, 2.24) is 0 Å². The van der Waals surface area contributed by atoms with E-state index in [0.29, 0.717) is 11.6 Å². The molecule has 1 aliphatic rings.